The number of amides is 3. The second kappa shape index (κ2) is 8.15. The van der Waals surface area contributed by atoms with Crippen LogP contribution in [0.25, 0.3) is 0 Å². The van der Waals surface area contributed by atoms with Gasteiger partial charge < -0.3 is 20.1 Å². The molecule has 3 amide bonds. The number of anilines is 2. The molecule has 0 aliphatic heterocycles. The summed E-state index contributed by atoms with van der Waals surface area (Å²) in [5.41, 5.74) is 0.360. The first kappa shape index (κ1) is 18.8. The average Bonchev–Trinajstić information content (AvgIpc) is 3.28. The largest absolute Gasteiger partial charge is 0.339 e. The Bertz CT molecular complexity index is 832. The van der Waals surface area contributed by atoms with Gasteiger partial charge in [0.05, 0.1) is 12.2 Å². The van der Waals surface area contributed by atoms with Crippen molar-refractivity contribution in [3.05, 3.63) is 35.7 Å². The molecule has 2 aromatic rings. The lowest BCUT2D eigenvalue weighted by Gasteiger charge is -2.17. The highest BCUT2D eigenvalue weighted by atomic mass is 19.1. The summed E-state index contributed by atoms with van der Waals surface area (Å²) in [7, 11) is 1.55. The SMILES string of the molecule is CC(=O)Nc1ccc(F)c(NC(=O)N(C)Cc2noc(C3CCCC3)n2)c1. The zero-order valence-electron chi connectivity index (χ0n) is 15.3. The fourth-order valence-electron chi connectivity index (χ4n) is 3.07. The smallest absolute Gasteiger partial charge is 0.322 e. The first-order chi connectivity index (χ1) is 12.9. The lowest BCUT2D eigenvalue weighted by atomic mass is 10.1. The van der Waals surface area contributed by atoms with Gasteiger partial charge in [0.15, 0.2) is 5.82 Å². The molecule has 0 radical (unpaired) electrons. The van der Waals surface area contributed by atoms with E-state index in [-0.39, 0.29) is 18.1 Å². The lowest BCUT2D eigenvalue weighted by molar-refractivity contribution is -0.114. The molecular weight excluding hydrogens is 353 g/mol. The van der Waals surface area contributed by atoms with Gasteiger partial charge in [-0.25, -0.2) is 9.18 Å². The summed E-state index contributed by atoms with van der Waals surface area (Å²) in [6, 6.07) is 3.42. The molecule has 9 heteroatoms. The predicted octanol–water partition coefficient (Wildman–Crippen LogP) is 3.49. The summed E-state index contributed by atoms with van der Waals surface area (Å²) in [4.78, 5) is 29.1. The molecule has 1 aliphatic carbocycles. The van der Waals surface area contributed by atoms with Crippen molar-refractivity contribution in [1.82, 2.24) is 15.0 Å². The minimum Gasteiger partial charge on any atom is -0.339 e. The quantitative estimate of drug-likeness (QED) is 0.833. The highest BCUT2D eigenvalue weighted by Crippen LogP contribution is 2.32. The highest BCUT2D eigenvalue weighted by molar-refractivity contribution is 5.92. The molecule has 1 aromatic carbocycles. The van der Waals surface area contributed by atoms with Gasteiger partial charge >= 0.3 is 6.03 Å². The van der Waals surface area contributed by atoms with Gasteiger partial charge in [-0.3, -0.25) is 4.79 Å². The molecule has 0 spiro atoms. The van der Waals surface area contributed by atoms with Crippen molar-refractivity contribution < 1.29 is 18.5 Å². The maximum atomic E-state index is 13.9. The number of urea groups is 1. The van der Waals surface area contributed by atoms with Crippen LogP contribution in [0.5, 0.6) is 0 Å². The molecule has 1 aliphatic rings. The van der Waals surface area contributed by atoms with E-state index in [0.717, 1.165) is 25.7 Å². The van der Waals surface area contributed by atoms with E-state index in [2.05, 4.69) is 20.8 Å². The minimum absolute atomic E-state index is 0.0298. The highest BCUT2D eigenvalue weighted by Gasteiger charge is 2.23. The van der Waals surface area contributed by atoms with Gasteiger partial charge in [-0.15, -0.1) is 0 Å². The molecule has 0 bridgehead atoms. The van der Waals surface area contributed by atoms with E-state index in [4.69, 9.17) is 4.52 Å². The number of carbonyl (C=O) groups is 2. The summed E-state index contributed by atoms with van der Waals surface area (Å²) in [5.74, 6) is 0.434. The van der Waals surface area contributed by atoms with Crippen LogP contribution < -0.4 is 10.6 Å². The average molecular weight is 375 g/mol. The molecule has 1 fully saturated rings. The number of hydrogen-bond donors (Lipinski definition) is 2. The van der Waals surface area contributed by atoms with E-state index >= 15 is 0 Å². The first-order valence-corrected chi connectivity index (χ1v) is 8.84. The number of hydrogen-bond acceptors (Lipinski definition) is 5. The molecular formula is C18H22FN5O3. The van der Waals surface area contributed by atoms with Gasteiger partial charge in [0.1, 0.15) is 5.82 Å². The molecule has 0 unspecified atom stereocenters. The number of benzene rings is 1. The zero-order chi connectivity index (χ0) is 19.4. The van der Waals surface area contributed by atoms with Crippen LogP contribution in [0.2, 0.25) is 0 Å². The van der Waals surface area contributed by atoms with Crippen molar-refractivity contribution >= 4 is 23.3 Å². The van der Waals surface area contributed by atoms with Crippen LogP contribution in [0.15, 0.2) is 22.7 Å². The summed E-state index contributed by atoms with van der Waals surface area (Å²) in [5, 5.41) is 8.95. The van der Waals surface area contributed by atoms with Gasteiger partial charge in [-0.2, -0.15) is 4.98 Å². The molecule has 0 saturated heterocycles. The topological polar surface area (TPSA) is 100 Å². The molecule has 144 valence electrons. The first-order valence-electron chi connectivity index (χ1n) is 8.84. The van der Waals surface area contributed by atoms with E-state index in [1.165, 1.54) is 30.0 Å². The van der Waals surface area contributed by atoms with E-state index in [1.54, 1.807) is 7.05 Å². The molecule has 2 N–H and O–H groups in total. The molecule has 1 saturated carbocycles. The van der Waals surface area contributed by atoms with Gasteiger partial charge in [-0.1, -0.05) is 18.0 Å². The second-order valence-electron chi connectivity index (χ2n) is 6.69. The van der Waals surface area contributed by atoms with Crippen LogP contribution in [0.3, 0.4) is 0 Å². The fourth-order valence-corrected chi connectivity index (χ4v) is 3.07. The summed E-state index contributed by atoms with van der Waals surface area (Å²) < 4.78 is 19.2. The Morgan fingerprint density at radius 2 is 2.04 bits per heavy atom. The van der Waals surface area contributed by atoms with Crippen molar-refractivity contribution in [2.75, 3.05) is 17.7 Å². The van der Waals surface area contributed by atoms with E-state index in [9.17, 15) is 14.0 Å². The van der Waals surface area contributed by atoms with Crippen molar-refractivity contribution in [3.8, 4) is 0 Å². The van der Waals surface area contributed by atoms with Crippen LogP contribution >= 0.6 is 0 Å². The van der Waals surface area contributed by atoms with Crippen molar-refractivity contribution in [2.45, 2.75) is 45.1 Å². The van der Waals surface area contributed by atoms with Gasteiger partial charge in [0, 0.05) is 25.6 Å². The Kier molecular flexibility index (Phi) is 5.68. The number of carbonyl (C=O) groups excluding carboxylic acids is 2. The van der Waals surface area contributed by atoms with Crippen molar-refractivity contribution in [3.63, 3.8) is 0 Å². The summed E-state index contributed by atoms with van der Waals surface area (Å²) >= 11 is 0. The van der Waals surface area contributed by atoms with Gasteiger partial charge in [0.2, 0.25) is 11.8 Å². The standard InChI is InChI=1S/C18H22FN5O3/c1-11(25)20-13-7-8-14(19)15(9-13)21-18(26)24(2)10-16-22-17(27-23-16)12-5-3-4-6-12/h7-9,12H,3-6,10H2,1-2H3,(H,20,25)(H,21,26). The summed E-state index contributed by atoms with van der Waals surface area (Å²) in [6.07, 6.45) is 4.41. The Hall–Kier alpha value is -2.97. The third-order valence-corrected chi connectivity index (χ3v) is 4.44. The molecule has 3 rings (SSSR count). The second-order valence-corrected chi connectivity index (χ2v) is 6.69. The van der Waals surface area contributed by atoms with Crippen LogP contribution in [-0.2, 0) is 11.3 Å². The number of nitrogens with one attached hydrogen (secondary N) is 2. The van der Waals surface area contributed by atoms with Gasteiger partial charge in [-0.05, 0) is 31.0 Å². The lowest BCUT2D eigenvalue weighted by Crippen LogP contribution is -2.31. The number of nitrogens with zero attached hydrogens (tertiary/aromatic N) is 3. The monoisotopic (exact) mass is 375 g/mol. The third-order valence-electron chi connectivity index (χ3n) is 4.44. The van der Waals surface area contributed by atoms with E-state index in [1.807, 2.05) is 0 Å². The third kappa shape index (κ3) is 4.81. The van der Waals surface area contributed by atoms with Crippen LogP contribution in [0.1, 0.15) is 50.2 Å². The van der Waals surface area contributed by atoms with Crippen LogP contribution in [0.4, 0.5) is 20.6 Å². The predicted molar refractivity (Wildman–Crippen MR) is 96.7 cm³/mol. The maximum Gasteiger partial charge on any atom is 0.322 e. The van der Waals surface area contributed by atoms with Crippen molar-refractivity contribution in [1.29, 1.82) is 0 Å². The Balaban J connectivity index is 1.61. The molecule has 1 aromatic heterocycles. The van der Waals surface area contributed by atoms with Crippen LogP contribution in [0, 0.1) is 5.82 Å². The van der Waals surface area contributed by atoms with Gasteiger partial charge in [0.25, 0.3) is 0 Å². The Morgan fingerprint density at radius 1 is 1.30 bits per heavy atom. The maximum absolute atomic E-state index is 13.9. The summed E-state index contributed by atoms with van der Waals surface area (Å²) in [6.45, 7) is 1.48. The minimum atomic E-state index is -0.603. The zero-order valence-corrected chi connectivity index (χ0v) is 15.3. The Labute approximate surface area is 156 Å². The van der Waals surface area contributed by atoms with E-state index in [0.29, 0.717) is 23.3 Å². The van der Waals surface area contributed by atoms with Crippen molar-refractivity contribution in [2.24, 2.45) is 0 Å². The van der Waals surface area contributed by atoms with E-state index < -0.39 is 11.8 Å². The molecule has 0 atom stereocenters. The molecule has 8 nitrogen and oxygen atoms in total. The fraction of sp³-hybridized carbons (Fsp3) is 0.444. The Morgan fingerprint density at radius 3 is 2.74 bits per heavy atom. The number of rotatable bonds is 5. The molecule has 1 heterocycles. The number of halogens is 1. The normalized spacial score (nSPS) is 14.2. The molecule has 27 heavy (non-hydrogen) atoms. The van der Waals surface area contributed by atoms with Crippen LogP contribution in [-0.4, -0.2) is 34.0 Å². The number of aromatic nitrogens is 2.